The number of likely N-dealkylation sites (tertiary alicyclic amines) is 1. The summed E-state index contributed by atoms with van der Waals surface area (Å²) in [7, 11) is 0. The first-order valence-electron chi connectivity index (χ1n) is 9.67. The number of nitrogens with zero attached hydrogens (tertiary/aromatic N) is 3. The number of nitrogens with two attached hydrogens (primary N) is 1. The molecule has 5 nitrogen and oxygen atoms in total. The molecule has 0 radical (unpaired) electrons. The largest absolute Gasteiger partial charge is 0.379 e. The molecule has 0 aromatic heterocycles. The van der Waals surface area contributed by atoms with Gasteiger partial charge < -0.3 is 15.4 Å². The molecule has 1 unspecified atom stereocenters. The van der Waals surface area contributed by atoms with E-state index >= 15 is 0 Å². The standard InChI is InChI=1S/C20H32N4O/c1-17-7-6-8-18(15-17)19(23-11-13-25-14-12-23)16-22-20(21)24-9-4-2-3-5-10-24/h6-8,15,19H,2-5,9-14,16H2,1H3,(H2,21,22). The van der Waals surface area contributed by atoms with Gasteiger partial charge in [-0.15, -0.1) is 0 Å². The minimum absolute atomic E-state index is 0.273. The van der Waals surface area contributed by atoms with E-state index in [-0.39, 0.29) is 6.04 Å². The highest BCUT2D eigenvalue weighted by atomic mass is 16.5. The van der Waals surface area contributed by atoms with Crippen LogP contribution in [-0.4, -0.2) is 61.7 Å². The molecule has 1 atom stereocenters. The predicted octanol–water partition coefficient (Wildman–Crippen LogP) is 2.56. The van der Waals surface area contributed by atoms with Crippen LogP contribution in [0.5, 0.6) is 0 Å². The van der Waals surface area contributed by atoms with Gasteiger partial charge in [-0.1, -0.05) is 42.7 Å². The summed E-state index contributed by atoms with van der Waals surface area (Å²) in [4.78, 5) is 9.56. The fraction of sp³-hybridized carbons (Fsp3) is 0.650. The van der Waals surface area contributed by atoms with Crippen molar-refractivity contribution in [3.05, 3.63) is 35.4 Å². The lowest BCUT2D eigenvalue weighted by atomic mass is 10.0. The van der Waals surface area contributed by atoms with E-state index in [0.717, 1.165) is 39.4 Å². The van der Waals surface area contributed by atoms with Crippen LogP contribution in [0.4, 0.5) is 0 Å². The second-order valence-electron chi connectivity index (χ2n) is 7.18. The number of benzene rings is 1. The lowest BCUT2D eigenvalue weighted by molar-refractivity contribution is 0.0179. The predicted molar refractivity (Wildman–Crippen MR) is 103 cm³/mol. The number of rotatable bonds is 4. The van der Waals surface area contributed by atoms with Gasteiger partial charge >= 0.3 is 0 Å². The molecule has 1 aromatic carbocycles. The van der Waals surface area contributed by atoms with E-state index in [1.54, 1.807) is 0 Å². The fourth-order valence-electron chi connectivity index (χ4n) is 3.78. The van der Waals surface area contributed by atoms with Gasteiger partial charge in [0.1, 0.15) is 0 Å². The SMILES string of the molecule is Cc1cccc(C(CN=C(N)N2CCCCCC2)N2CCOCC2)c1. The first-order valence-corrected chi connectivity index (χ1v) is 9.67. The molecule has 25 heavy (non-hydrogen) atoms. The molecule has 0 spiro atoms. The Morgan fingerprint density at radius 2 is 1.84 bits per heavy atom. The Bertz CT molecular complexity index is 561. The van der Waals surface area contributed by atoms with Gasteiger partial charge in [0.25, 0.3) is 0 Å². The van der Waals surface area contributed by atoms with Gasteiger partial charge in [-0.25, -0.2) is 0 Å². The number of morpholine rings is 1. The highest BCUT2D eigenvalue weighted by molar-refractivity contribution is 5.78. The van der Waals surface area contributed by atoms with Crippen molar-refractivity contribution in [2.45, 2.75) is 38.6 Å². The third-order valence-corrected chi connectivity index (χ3v) is 5.27. The van der Waals surface area contributed by atoms with E-state index in [1.165, 1.54) is 36.8 Å². The maximum absolute atomic E-state index is 6.34. The van der Waals surface area contributed by atoms with Crippen molar-refractivity contribution in [2.24, 2.45) is 10.7 Å². The van der Waals surface area contributed by atoms with Crippen LogP contribution in [0.2, 0.25) is 0 Å². The van der Waals surface area contributed by atoms with Gasteiger partial charge in [0.2, 0.25) is 0 Å². The van der Waals surface area contributed by atoms with E-state index in [1.807, 2.05) is 0 Å². The normalized spacial score (nSPS) is 21.8. The molecule has 0 saturated carbocycles. The number of hydrogen-bond acceptors (Lipinski definition) is 3. The zero-order chi connectivity index (χ0) is 17.5. The van der Waals surface area contributed by atoms with Crippen LogP contribution in [0.15, 0.2) is 29.3 Å². The molecular formula is C20H32N4O. The van der Waals surface area contributed by atoms with Gasteiger partial charge in [-0.2, -0.15) is 0 Å². The number of ether oxygens (including phenoxy) is 1. The zero-order valence-electron chi connectivity index (χ0n) is 15.5. The molecule has 3 rings (SSSR count). The van der Waals surface area contributed by atoms with Crippen LogP contribution in [0, 0.1) is 6.92 Å². The minimum Gasteiger partial charge on any atom is -0.379 e. The Morgan fingerprint density at radius 1 is 1.12 bits per heavy atom. The van der Waals surface area contributed by atoms with E-state index in [2.05, 4.69) is 41.0 Å². The molecule has 2 heterocycles. The first-order chi connectivity index (χ1) is 12.2. The molecule has 2 N–H and O–H groups in total. The molecule has 1 aromatic rings. The van der Waals surface area contributed by atoms with Crippen LogP contribution < -0.4 is 5.73 Å². The second kappa shape index (κ2) is 9.20. The number of aryl methyl sites for hydroxylation is 1. The lowest BCUT2D eigenvalue weighted by Gasteiger charge is -2.34. The number of hydrogen-bond donors (Lipinski definition) is 1. The summed E-state index contributed by atoms with van der Waals surface area (Å²) in [6, 6.07) is 9.05. The summed E-state index contributed by atoms with van der Waals surface area (Å²) in [5.74, 6) is 0.716. The number of guanidine groups is 1. The van der Waals surface area contributed by atoms with E-state index in [4.69, 9.17) is 15.5 Å². The Labute approximate surface area is 151 Å². The van der Waals surface area contributed by atoms with Crippen molar-refractivity contribution in [1.82, 2.24) is 9.80 Å². The monoisotopic (exact) mass is 344 g/mol. The van der Waals surface area contributed by atoms with E-state index in [9.17, 15) is 0 Å². The van der Waals surface area contributed by atoms with Gasteiger partial charge in [0, 0.05) is 26.2 Å². The Hall–Kier alpha value is -1.59. The van der Waals surface area contributed by atoms with E-state index in [0.29, 0.717) is 12.5 Å². The molecule has 0 amide bonds. The van der Waals surface area contributed by atoms with Crippen LogP contribution in [0.25, 0.3) is 0 Å². The smallest absolute Gasteiger partial charge is 0.191 e. The lowest BCUT2D eigenvalue weighted by Crippen LogP contribution is -2.42. The number of aliphatic imine (C=N–C) groups is 1. The molecule has 2 aliphatic rings. The average Bonchev–Trinajstić information content (AvgIpc) is 2.92. The van der Waals surface area contributed by atoms with Crippen molar-refractivity contribution in [3.8, 4) is 0 Å². The highest BCUT2D eigenvalue weighted by Gasteiger charge is 2.23. The third-order valence-electron chi connectivity index (χ3n) is 5.27. The molecular weight excluding hydrogens is 312 g/mol. The molecule has 5 heteroatoms. The summed E-state index contributed by atoms with van der Waals surface area (Å²) in [6.07, 6.45) is 5.06. The molecule has 2 aliphatic heterocycles. The van der Waals surface area contributed by atoms with Crippen LogP contribution in [0.1, 0.15) is 42.9 Å². The summed E-state index contributed by atoms with van der Waals surface area (Å²) in [5, 5.41) is 0. The van der Waals surface area contributed by atoms with Crippen LogP contribution in [0.3, 0.4) is 0 Å². The first kappa shape index (κ1) is 18.2. The van der Waals surface area contributed by atoms with Gasteiger partial charge in [0.05, 0.1) is 25.8 Å². The van der Waals surface area contributed by atoms with Gasteiger partial charge in [0.15, 0.2) is 5.96 Å². The van der Waals surface area contributed by atoms with Crippen LogP contribution in [-0.2, 0) is 4.74 Å². The highest BCUT2D eigenvalue weighted by Crippen LogP contribution is 2.23. The molecule has 2 saturated heterocycles. The maximum atomic E-state index is 6.34. The molecule has 138 valence electrons. The molecule has 0 bridgehead atoms. The van der Waals surface area contributed by atoms with Crippen molar-refractivity contribution in [1.29, 1.82) is 0 Å². The quantitative estimate of drug-likeness (QED) is 0.674. The average molecular weight is 345 g/mol. The minimum atomic E-state index is 0.273. The summed E-state index contributed by atoms with van der Waals surface area (Å²) in [6.45, 7) is 8.46. The molecule has 2 fully saturated rings. The molecule has 0 aliphatic carbocycles. The maximum Gasteiger partial charge on any atom is 0.191 e. The summed E-state index contributed by atoms with van der Waals surface area (Å²) >= 11 is 0. The van der Waals surface area contributed by atoms with Gasteiger partial charge in [-0.3, -0.25) is 9.89 Å². The third kappa shape index (κ3) is 5.19. The van der Waals surface area contributed by atoms with Crippen molar-refractivity contribution < 1.29 is 4.74 Å². The summed E-state index contributed by atoms with van der Waals surface area (Å²) in [5.41, 5.74) is 8.96. The van der Waals surface area contributed by atoms with Crippen molar-refractivity contribution in [2.75, 3.05) is 45.9 Å². The second-order valence-corrected chi connectivity index (χ2v) is 7.18. The van der Waals surface area contributed by atoms with Crippen LogP contribution >= 0.6 is 0 Å². The summed E-state index contributed by atoms with van der Waals surface area (Å²) < 4.78 is 5.53. The van der Waals surface area contributed by atoms with E-state index < -0.39 is 0 Å². The topological polar surface area (TPSA) is 54.1 Å². The van der Waals surface area contributed by atoms with Crippen molar-refractivity contribution >= 4 is 5.96 Å². The van der Waals surface area contributed by atoms with Crippen molar-refractivity contribution in [3.63, 3.8) is 0 Å². The van der Waals surface area contributed by atoms with Gasteiger partial charge in [-0.05, 0) is 25.3 Å². The zero-order valence-corrected chi connectivity index (χ0v) is 15.5. The Balaban J connectivity index is 1.73. The Morgan fingerprint density at radius 3 is 2.52 bits per heavy atom. The Kier molecular flexibility index (Phi) is 6.70. The fourth-order valence-corrected chi connectivity index (χ4v) is 3.78.